The minimum Gasteiger partial charge on any atom is -0.478 e. The van der Waals surface area contributed by atoms with Crippen molar-refractivity contribution in [3.8, 4) is 45.5 Å². The van der Waals surface area contributed by atoms with E-state index in [1.165, 1.54) is 60.8 Å². The molecular formula is C52H45F8N7O5. The van der Waals surface area contributed by atoms with Gasteiger partial charge in [-0.05, 0) is 92.8 Å². The summed E-state index contributed by atoms with van der Waals surface area (Å²) in [5.41, 5.74) is 6.07. The quantitative estimate of drug-likeness (QED) is 0.0738. The number of aromatic nitrogens is 4. The Hall–Kier alpha value is -8.16. The van der Waals surface area contributed by atoms with Crippen LogP contribution in [0.2, 0.25) is 0 Å². The first-order valence-electron chi connectivity index (χ1n) is 22.5. The van der Waals surface area contributed by atoms with Gasteiger partial charge in [0, 0.05) is 60.1 Å². The van der Waals surface area contributed by atoms with Crippen LogP contribution in [0.4, 0.5) is 46.5 Å². The fourth-order valence-corrected chi connectivity index (χ4v) is 7.89. The van der Waals surface area contributed by atoms with Crippen molar-refractivity contribution in [2.45, 2.75) is 64.3 Å². The summed E-state index contributed by atoms with van der Waals surface area (Å²) in [6.45, 7) is 2.79. The van der Waals surface area contributed by atoms with Gasteiger partial charge in [0.1, 0.15) is 34.6 Å². The largest absolute Gasteiger partial charge is 0.478 e. The average Bonchev–Trinajstić information content (AvgIpc) is 3.92. The normalized spacial score (nSPS) is 12.8. The number of nitrogens with zero attached hydrogens (tertiary/aromatic N) is 4. The van der Waals surface area contributed by atoms with Crippen LogP contribution in [0.25, 0.3) is 33.8 Å². The van der Waals surface area contributed by atoms with E-state index in [2.05, 4.69) is 25.9 Å². The van der Waals surface area contributed by atoms with E-state index in [0.29, 0.717) is 50.7 Å². The highest BCUT2D eigenvalue weighted by atomic mass is 19.4. The Morgan fingerprint density at radius 3 is 1.49 bits per heavy atom. The molecule has 9 rings (SSSR count). The van der Waals surface area contributed by atoms with Gasteiger partial charge in [-0.15, -0.1) is 0 Å². The number of halogens is 8. The second-order valence-corrected chi connectivity index (χ2v) is 17.0. The van der Waals surface area contributed by atoms with Crippen LogP contribution >= 0.6 is 0 Å². The molecule has 1 amide bonds. The second kappa shape index (κ2) is 21.1. The topological polar surface area (TPSA) is 144 Å². The van der Waals surface area contributed by atoms with Crippen LogP contribution in [0.1, 0.15) is 63.9 Å². The summed E-state index contributed by atoms with van der Waals surface area (Å²) in [6, 6.07) is 24.5. The molecule has 1 aliphatic rings. The SMILES string of the molecule is Cc1cc(-c2cnc3c(NCCC(F)(F)F)cc(Oc4cccc(F)c4)cn23)ccc1C(=O)NC1CCC1.Cc1cc(-c2cnc3c(NCCC(F)(F)F)cc(Oc4cccc(F)c4)cn23)ccc1C(=O)O. The molecular weight excluding hydrogens is 955 g/mol. The van der Waals surface area contributed by atoms with Crippen molar-refractivity contribution in [1.82, 2.24) is 24.1 Å². The predicted octanol–water partition coefficient (Wildman–Crippen LogP) is 13.2. The van der Waals surface area contributed by atoms with Crippen molar-refractivity contribution in [3.63, 3.8) is 0 Å². The van der Waals surface area contributed by atoms with E-state index >= 15 is 0 Å². The highest BCUT2D eigenvalue weighted by Gasteiger charge is 2.28. The number of hydrogen-bond acceptors (Lipinski definition) is 8. The molecule has 0 spiro atoms. The van der Waals surface area contributed by atoms with Crippen molar-refractivity contribution >= 4 is 34.5 Å². The number of benzene rings is 4. The summed E-state index contributed by atoms with van der Waals surface area (Å²) in [6.07, 6.45) is -1.24. The maximum Gasteiger partial charge on any atom is 0.390 e. The zero-order valence-corrected chi connectivity index (χ0v) is 38.5. The van der Waals surface area contributed by atoms with Gasteiger partial charge in [-0.3, -0.25) is 13.6 Å². The molecule has 1 fully saturated rings. The van der Waals surface area contributed by atoms with E-state index < -0.39 is 42.8 Å². The molecule has 4 heterocycles. The summed E-state index contributed by atoms with van der Waals surface area (Å²) in [5.74, 6) is -1.17. The van der Waals surface area contributed by atoms with E-state index in [-0.39, 0.29) is 53.6 Å². The standard InChI is InChI=1S/C28H26F4N4O2.C24H19F4N3O3/c1-17-12-18(8-9-23(17)27(37)35-20-5-3-6-20)25-15-34-26-24(33-11-10-28(30,31)32)14-22(16-36(25)26)38-21-7-2-4-19(29)13-21;1-14-9-15(5-6-19(14)23(32)33)21-12-30-22-20(29-8-7-24(26,27)28)11-18(13-31(21)22)34-17-4-2-3-16(25)10-17/h2,4,7-9,12-16,20,33H,3,5-6,10-11H2,1H3,(H,35,37);2-6,9-13,29H,7-8H2,1H3,(H,32,33). The lowest BCUT2D eigenvalue weighted by atomic mass is 9.92. The number of carboxylic acid groups (broad SMARTS) is 1. The molecule has 0 radical (unpaired) electrons. The van der Waals surface area contributed by atoms with Crippen molar-refractivity contribution in [1.29, 1.82) is 0 Å². The highest BCUT2D eigenvalue weighted by molar-refractivity contribution is 5.96. The van der Waals surface area contributed by atoms with Crippen LogP contribution in [0.3, 0.4) is 0 Å². The number of ether oxygens (including phenoxy) is 2. The number of aryl methyl sites for hydroxylation is 2. The highest BCUT2D eigenvalue weighted by Crippen LogP contribution is 2.35. The number of hydrogen-bond donors (Lipinski definition) is 4. The number of rotatable bonds is 15. The van der Waals surface area contributed by atoms with Crippen LogP contribution in [0.5, 0.6) is 23.0 Å². The Morgan fingerprint density at radius 2 is 1.10 bits per heavy atom. The smallest absolute Gasteiger partial charge is 0.390 e. The molecule has 72 heavy (non-hydrogen) atoms. The van der Waals surface area contributed by atoms with Gasteiger partial charge in [0.25, 0.3) is 5.91 Å². The average molecular weight is 1000 g/mol. The van der Waals surface area contributed by atoms with E-state index in [4.69, 9.17) is 9.47 Å². The third-order valence-electron chi connectivity index (χ3n) is 11.6. The summed E-state index contributed by atoms with van der Waals surface area (Å²) in [7, 11) is 0. The van der Waals surface area contributed by atoms with Gasteiger partial charge >= 0.3 is 18.3 Å². The molecule has 20 heteroatoms. The Balaban J connectivity index is 0.000000194. The maximum atomic E-state index is 13.7. The number of carbonyl (C=O) groups excluding carboxylic acids is 1. The number of anilines is 2. The van der Waals surface area contributed by atoms with Gasteiger partial charge in [-0.1, -0.05) is 24.3 Å². The molecule has 1 saturated carbocycles. The molecule has 374 valence electrons. The van der Waals surface area contributed by atoms with Gasteiger partial charge in [0.2, 0.25) is 0 Å². The Bertz CT molecular complexity index is 3280. The molecule has 12 nitrogen and oxygen atoms in total. The summed E-state index contributed by atoms with van der Waals surface area (Å²) < 4.78 is 119. The van der Waals surface area contributed by atoms with Gasteiger partial charge in [0.05, 0.1) is 66.0 Å². The summed E-state index contributed by atoms with van der Waals surface area (Å²) in [5, 5.41) is 17.9. The number of amides is 1. The van der Waals surface area contributed by atoms with E-state index in [9.17, 15) is 49.8 Å². The van der Waals surface area contributed by atoms with E-state index in [1.807, 2.05) is 19.1 Å². The molecule has 0 unspecified atom stereocenters. The zero-order chi connectivity index (χ0) is 51.3. The van der Waals surface area contributed by atoms with Gasteiger partial charge in [-0.25, -0.2) is 23.5 Å². The molecule has 4 aromatic carbocycles. The number of aromatic carboxylic acids is 1. The molecule has 1 aliphatic carbocycles. The first-order valence-corrected chi connectivity index (χ1v) is 22.5. The van der Waals surface area contributed by atoms with Gasteiger partial charge in [-0.2, -0.15) is 26.3 Å². The molecule has 4 aromatic heterocycles. The van der Waals surface area contributed by atoms with Crippen LogP contribution in [-0.4, -0.2) is 67.2 Å². The Labute approximate surface area is 406 Å². The van der Waals surface area contributed by atoms with E-state index in [1.54, 1.807) is 64.6 Å². The zero-order valence-electron chi connectivity index (χ0n) is 38.5. The number of imidazole rings is 2. The third-order valence-corrected chi connectivity index (χ3v) is 11.6. The Kier molecular flexibility index (Phi) is 14.7. The molecule has 0 bridgehead atoms. The second-order valence-electron chi connectivity index (χ2n) is 17.0. The molecule has 0 saturated heterocycles. The van der Waals surface area contributed by atoms with Crippen molar-refractivity contribution in [3.05, 3.63) is 156 Å². The lowest BCUT2D eigenvalue weighted by Crippen LogP contribution is -2.39. The molecule has 8 aromatic rings. The van der Waals surface area contributed by atoms with Crippen LogP contribution in [0.15, 0.2) is 122 Å². The number of carbonyl (C=O) groups is 2. The lowest BCUT2D eigenvalue weighted by Gasteiger charge is -2.26. The number of nitrogens with one attached hydrogen (secondary N) is 3. The van der Waals surface area contributed by atoms with Crippen molar-refractivity contribution < 1.29 is 59.3 Å². The number of fused-ring (bicyclic) bond motifs is 2. The maximum absolute atomic E-state index is 13.7. The molecule has 0 aliphatic heterocycles. The van der Waals surface area contributed by atoms with Crippen LogP contribution in [0, 0.1) is 25.5 Å². The summed E-state index contributed by atoms with van der Waals surface area (Å²) in [4.78, 5) is 32.8. The Morgan fingerprint density at radius 1 is 0.639 bits per heavy atom. The predicted molar refractivity (Wildman–Crippen MR) is 254 cm³/mol. The van der Waals surface area contributed by atoms with Crippen LogP contribution in [-0.2, 0) is 0 Å². The number of pyridine rings is 2. The van der Waals surface area contributed by atoms with Crippen LogP contribution < -0.4 is 25.4 Å². The first-order chi connectivity index (χ1) is 34.3. The number of alkyl halides is 6. The van der Waals surface area contributed by atoms with Crippen molar-refractivity contribution in [2.24, 2.45) is 0 Å². The molecule has 4 N–H and O–H groups in total. The monoisotopic (exact) mass is 999 g/mol. The lowest BCUT2D eigenvalue weighted by molar-refractivity contribution is -0.132. The van der Waals surface area contributed by atoms with Crippen molar-refractivity contribution in [2.75, 3.05) is 23.7 Å². The van der Waals surface area contributed by atoms with Gasteiger partial charge in [0.15, 0.2) is 11.3 Å². The summed E-state index contributed by atoms with van der Waals surface area (Å²) >= 11 is 0. The molecule has 0 atom stereocenters. The fourth-order valence-electron chi connectivity index (χ4n) is 7.89. The first kappa shape index (κ1) is 50.2. The third kappa shape index (κ3) is 12.4. The minimum atomic E-state index is -4.33. The van der Waals surface area contributed by atoms with Gasteiger partial charge < -0.3 is 30.5 Å². The van der Waals surface area contributed by atoms with E-state index in [0.717, 1.165) is 30.4 Å². The minimum absolute atomic E-state index is 0.112. The fraction of sp³-hybridized carbons (Fsp3) is 0.231. The number of carboxylic acids is 1.